The van der Waals surface area contributed by atoms with Crippen molar-refractivity contribution in [1.82, 2.24) is 5.32 Å². The minimum Gasteiger partial charge on any atom is -0.490 e. The zero-order valence-electron chi connectivity index (χ0n) is 12.6. The molecule has 0 radical (unpaired) electrons. The van der Waals surface area contributed by atoms with Crippen LogP contribution in [0.1, 0.15) is 31.1 Å². The van der Waals surface area contributed by atoms with Gasteiger partial charge in [0.25, 0.3) is 5.91 Å². The van der Waals surface area contributed by atoms with Gasteiger partial charge < -0.3 is 19.5 Å². The summed E-state index contributed by atoms with van der Waals surface area (Å²) in [5.74, 6) is 1.08. The molecule has 1 aromatic rings. The van der Waals surface area contributed by atoms with Crippen molar-refractivity contribution in [3.63, 3.8) is 0 Å². The Kier molecular flexibility index (Phi) is 6.87. The summed E-state index contributed by atoms with van der Waals surface area (Å²) in [6, 6.07) is 5.13. The second-order valence-corrected chi connectivity index (χ2v) is 4.36. The zero-order valence-corrected chi connectivity index (χ0v) is 12.6. The predicted octanol–water partition coefficient (Wildman–Crippen LogP) is 2.25. The van der Waals surface area contributed by atoms with Crippen LogP contribution in [0.3, 0.4) is 0 Å². The molecular formula is C15H23NO4. The van der Waals surface area contributed by atoms with E-state index in [-0.39, 0.29) is 11.9 Å². The minimum atomic E-state index is -0.154. The molecule has 0 saturated heterocycles. The molecule has 0 aliphatic heterocycles. The lowest BCUT2D eigenvalue weighted by atomic mass is 10.1. The van der Waals surface area contributed by atoms with Gasteiger partial charge in [0.2, 0.25) is 0 Å². The predicted molar refractivity (Wildman–Crippen MR) is 77.6 cm³/mol. The zero-order chi connectivity index (χ0) is 15.0. The highest BCUT2D eigenvalue weighted by Crippen LogP contribution is 2.28. The number of ether oxygens (including phenoxy) is 3. The number of amides is 1. The van der Waals surface area contributed by atoms with Crippen molar-refractivity contribution >= 4 is 5.91 Å². The van der Waals surface area contributed by atoms with Gasteiger partial charge in [-0.2, -0.15) is 0 Å². The number of hydrogen-bond acceptors (Lipinski definition) is 4. The van der Waals surface area contributed by atoms with Crippen molar-refractivity contribution in [1.29, 1.82) is 0 Å². The van der Waals surface area contributed by atoms with Crippen LogP contribution in [-0.2, 0) is 4.74 Å². The largest absolute Gasteiger partial charge is 0.490 e. The quantitative estimate of drug-likeness (QED) is 0.794. The van der Waals surface area contributed by atoms with Gasteiger partial charge >= 0.3 is 0 Å². The van der Waals surface area contributed by atoms with E-state index in [0.29, 0.717) is 36.9 Å². The third-order valence-corrected chi connectivity index (χ3v) is 2.60. The molecule has 0 aliphatic carbocycles. The van der Waals surface area contributed by atoms with Crippen molar-refractivity contribution in [2.75, 3.05) is 26.9 Å². The smallest absolute Gasteiger partial charge is 0.251 e. The van der Waals surface area contributed by atoms with Crippen molar-refractivity contribution < 1.29 is 19.0 Å². The lowest BCUT2D eigenvalue weighted by Gasteiger charge is -2.15. The maximum Gasteiger partial charge on any atom is 0.251 e. The lowest BCUT2D eigenvalue weighted by molar-refractivity contribution is 0.0905. The second-order valence-electron chi connectivity index (χ2n) is 4.36. The van der Waals surface area contributed by atoms with Crippen LogP contribution in [0.25, 0.3) is 0 Å². The Balaban J connectivity index is 2.84. The molecule has 0 spiro atoms. The van der Waals surface area contributed by atoms with Gasteiger partial charge in [-0.3, -0.25) is 4.79 Å². The summed E-state index contributed by atoms with van der Waals surface area (Å²) in [7, 11) is 1.60. The molecule has 0 saturated carbocycles. The van der Waals surface area contributed by atoms with Gasteiger partial charge in [-0.25, -0.2) is 0 Å². The molecule has 1 aromatic carbocycles. The van der Waals surface area contributed by atoms with Gasteiger partial charge in [-0.05, 0) is 39.0 Å². The summed E-state index contributed by atoms with van der Waals surface area (Å²) in [5, 5.41) is 2.86. The molecule has 1 N–H and O–H groups in total. The Morgan fingerprint density at radius 1 is 1.20 bits per heavy atom. The number of carbonyl (C=O) groups excluding carboxylic acids is 1. The number of methoxy groups -OCH3 is 1. The van der Waals surface area contributed by atoms with E-state index in [1.165, 1.54) is 0 Å². The van der Waals surface area contributed by atoms with E-state index in [1.54, 1.807) is 25.3 Å². The average Bonchev–Trinajstić information content (AvgIpc) is 2.41. The Labute approximate surface area is 120 Å². The van der Waals surface area contributed by atoms with Crippen LogP contribution in [0.15, 0.2) is 18.2 Å². The van der Waals surface area contributed by atoms with Gasteiger partial charge in [-0.1, -0.05) is 0 Å². The van der Waals surface area contributed by atoms with E-state index in [4.69, 9.17) is 14.2 Å². The van der Waals surface area contributed by atoms with E-state index in [0.717, 1.165) is 0 Å². The fourth-order valence-electron chi connectivity index (χ4n) is 1.79. The van der Waals surface area contributed by atoms with E-state index < -0.39 is 0 Å². The summed E-state index contributed by atoms with van der Waals surface area (Å²) in [5.41, 5.74) is 0.542. The lowest BCUT2D eigenvalue weighted by Crippen LogP contribution is -2.35. The SMILES string of the molecule is CCOc1ccc(C(=O)N[C@H](C)COC)cc1OCC. The third kappa shape index (κ3) is 4.74. The number of rotatable bonds is 8. The Morgan fingerprint density at radius 2 is 1.85 bits per heavy atom. The van der Waals surface area contributed by atoms with E-state index >= 15 is 0 Å². The van der Waals surface area contributed by atoms with Crippen LogP contribution in [0.5, 0.6) is 11.5 Å². The maximum atomic E-state index is 12.1. The van der Waals surface area contributed by atoms with Gasteiger partial charge in [0, 0.05) is 18.7 Å². The van der Waals surface area contributed by atoms with Crippen LogP contribution in [0.4, 0.5) is 0 Å². The van der Waals surface area contributed by atoms with Crippen molar-refractivity contribution in [3.05, 3.63) is 23.8 Å². The highest BCUT2D eigenvalue weighted by Gasteiger charge is 2.13. The molecular weight excluding hydrogens is 258 g/mol. The Bertz CT molecular complexity index is 434. The monoisotopic (exact) mass is 281 g/mol. The molecule has 1 rings (SSSR count). The first kappa shape index (κ1) is 16.3. The maximum absolute atomic E-state index is 12.1. The van der Waals surface area contributed by atoms with Crippen molar-refractivity contribution in [2.45, 2.75) is 26.8 Å². The summed E-state index contributed by atoms with van der Waals surface area (Å²) in [4.78, 5) is 12.1. The molecule has 0 aliphatic rings. The molecule has 0 heterocycles. The van der Waals surface area contributed by atoms with E-state index in [1.807, 2.05) is 20.8 Å². The molecule has 0 aromatic heterocycles. The summed E-state index contributed by atoms with van der Waals surface area (Å²) in [6.07, 6.45) is 0. The highest BCUT2D eigenvalue weighted by atomic mass is 16.5. The molecule has 5 nitrogen and oxygen atoms in total. The number of benzene rings is 1. The summed E-state index contributed by atoms with van der Waals surface area (Å²) in [6.45, 7) is 7.23. The normalized spacial score (nSPS) is 11.8. The molecule has 0 unspecified atom stereocenters. The standard InChI is InChI=1S/C15H23NO4/c1-5-19-13-8-7-12(9-14(13)20-6-2)15(17)16-11(3)10-18-4/h7-9,11H,5-6,10H2,1-4H3,(H,16,17)/t11-/m1/s1. The highest BCUT2D eigenvalue weighted by molar-refractivity contribution is 5.95. The fourth-order valence-corrected chi connectivity index (χ4v) is 1.79. The van der Waals surface area contributed by atoms with Gasteiger partial charge in [0.1, 0.15) is 0 Å². The third-order valence-electron chi connectivity index (χ3n) is 2.60. The Morgan fingerprint density at radius 3 is 2.45 bits per heavy atom. The van der Waals surface area contributed by atoms with Crippen LogP contribution in [-0.4, -0.2) is 38.9 Å². The van der Waals surface area contributed by atoms with Crippen LogP contribution in [0, 0.1) is 0 Å². The van der Waals surface area contributed by atoms with E-state index in [2.05, 4.69) is 5.32 Å². The molecule has 0 fully saturated rings. The molecule has 1 atom stereocenters. The molecule has 112 valence electrons. The van der Waals surface area contributed by atoms with Gasteiger partial charge in [0.15, 0.2) is 11.5 Å². The molecule has 1 amide bonds. The van der Waals surface area contributed by atoms with Crippen LogP contribution in [0.2, 0.25) is 0 Å². The van der Waals surface area contributed by atoms with Crippen molar-refractivity contribution in [2.24, 2.45) is 0 Å². The molecule has 5 heteroatoms. The number of nitrogens with one attached hydrogen (secondary N) is 1. The van der Waals surface area contributed by atoms with Crippen LogP contribution >= 0.6 is 0 Å². The summed E-state index contributed by atoms with van der Waals surface area (Å²) < 4.78 is 16.0. The topological polar surface area (TPSA) is 56.8 Å². The van der Waals surface area contributed by atoms with E-state index in [9.17, 15) is 4.79 Å². The molecule has 20 heavy (non-hydrogen) atoms. The second kappa shape index (κ2) is 8.43. The van der Waals surface area contributed by atoms with Crippen molar-refractivity contribution in [3.8, 4) is 11.5 Å². The average molecular weight is 281 g/mol. The first-order chi connectivity index (χ1) is 9.62. The first-order valence-electron chi connectivity index (χ1n) is 6.81. The number of hydrogen-bond donors (Lipinski definition) is 1. The van der Waals surface area contributed by atoms with Gasteiger partial charge in [-0.15, -0.1) is 0 Å². The minimum absolute atomic E-state index is 0.0467. The number of carbonyl (C=O) groups is 1. The molecule has 0 bridgehead atoms. The first-order valence-corrected chi connectivity index (χ1v) is 6.81. The van der Waals surface area contributed by atoms with Crippen LogP contribution < -0.4 is 14.8 Å². The van der Waals surface area contributed by atoms with Gasteiger partial charge in [0.05, 0.1) is 19.8 Å². The Hall–Kier alpha value is -1.75. The fraction of sp³-hybridized carbons (Fsp3) is 0.533. The summed E-state index contributed by atoms with van der Waals surface area (Å²) >= 11 is 0.